The maximum absolute atomic E-state index is 13.9. The highest BCUT2D eigenvalue weighted by Gasteiger charge is 2.33. The van der Waals surface area contributed by atoms with Crippen molar-refractivity contribution in [1.29, 1.82) is 0 Å². The summed E-state index contributed by atoms with van der Waals surface area (Å²) in [5.41, 5.74) is 3.15. The van der Waals surface area contributed by atoms with Gasteiger partial charge in [0.25, 0.3) is 5.56 Å². The van der Waals surface area contributed by atoms with Crippen LogP contribution in [0.3, 0.4) is 0 Å². The van der Waals surface area contributed by atoms with Crippen LogP contribution in [0.25, 0.3) is 6.08 Å². The molecule has 0 radical (unpaired) electrons. The van der Waals surface area contributed by atoms with Crippen LogP contribution in [0, 0.1) is 3.57 Å². The lowest BCUT2D eigenvalue weighted by Gasteiger charge is -2.24. The van der Waals surface area contributed by atoms with Crippen molar-refractivity contribution in [3.63, 3.8) is 0 Å². The van der Waals surface area contributed by atoms with Crippen LogP contribution in [0.5, 0.6) is 17.2 Å². The molecular formula is C32H29IN2O6S. The van der Waals surface area contributed by atoms with Crippen molar-refractivity contribution in [3.05, 3.63) is 118 Å². The monoisotopic (exact) mass is 696 g/mol. The molecule has 0 amide bonds. The number of esters is 1. The number of allylic oxidation sites excluding steroid dienone is 1. The first-order valence-electron chi connectivity index (χ1n) is 13.2. The van der Waals surface area contributed by atoms with E-state index >= 15 is 0 Å². The van der Waals surface area contributed by atoms with Gasteiger partial charge in [-0.15, -0.1) is 0 Å². The molecule has 5 rings (SSSR count). The number of aromatic nitrogens is 1. The van der Waals surface area contributed by atoms with E-state index in [-0.39, 0.29) is 12.2 Å². The highest BCUT2D eigenvalue weighted by atomic mass is 127. The third kappa shape index (κ3) is 6.00. The highest BCUT2D eigenvalue weighted by molar-refractivity contribution is 14.1. The Morgan fingerprint density at radius 2 is 1.81 bits per heavy atom. The maximum atomic E-state index is 13.9. The largest absolute Gasteiger partial charge is 0.497 e. The number of halogens is 1. The van der Waals surface area contributed by atoms with Crippen LogP contribution in [-0.2, 0) is 16.1 Å². The third-order valence-corrected chi connectivity index (χ3v) is 8.51. The van der Waals surface area contributed by atoms with Gasteiger partial charge >= 0.3 is 5.97 Å². The van der Waals surface area contributed by atoms with E-state index in [1.807, 2.05) is 60.7 Å². The fraction of sp³-hybridized carbons (Fsp3) is 0.219. The molecule has 0 aliphatic carbocycles. The van der Waals surface area contributed by atoms with Crippen molar-refractivity contribution in [1.82, 2.24) is 4.57 Å². The van der Waals surface area contributed by atoms with Gasteiger partial charge in [-0.25, -0.2) is 9.79 Å². The molecule has 0 N–H and O–H groups in total. The fourth-order valence-electron chi connectivity index (χ4n) is 4.74. The summed E-state index contributed by atoms with van der Waals surface area (Å²) in [6.07, 6.45) is 1.81. The molecule has 0 saturated heterocycles. The first-order chi connectivity index (χ1) is 20.3. The molecule has 1 aliphatic rings. The van der Waals surface area contributed by atoms with Gasteiger partial charge in [-0.1, -0.05) is 53.8 Å². The number of thiazole rings is 1. The summed E-state index contributed by atoms with van der Waals surface area (Å²) < 4.78 is 25.3. The van der Waals surface area contributed by atoms with E-state index in [1.165, 1.54) is 11.3 Å². The third-order valence-electron chi connectivity index (χ3n) is 6.72. The zero-order valence-corrected chi connectivity index (χ0v) is 26.5. The quantitative estimate of drug-likeness (QED) is 0.181. The van der Waals surface area contributed by atoms with Gasteiger partial charge in [0.15, 0.2) is 16.3 Å². The van der Waals surface area contributed by atoms with Gasteiger partial charge in [0.1, 0.15) is 12.4 Å². The van der Waals surface area contributed by atoms with Crippen LogP contribution in [0.15, 0.2) is 87.8 Å². The van der Waals surface area contributed by atoms with Crippen molar-refractivity contribution in [2.45, 2.75) is 26.5 Å². The Hall–Kier alpha value is -3.90. The van der Waals surface area contributed by atoms with Gasteiger partial charge in [0.05, 0.1) is 46.2 Å². The molecule has 0 unspecified atom stereocenters. The summed E-state index contributed by atoms with van der Waals surface area (Å²) in [6, 6.07) is 20.3. The van der Waals surface area contributed by atoms with E-state index in [0.717, 1.165) is 20.3 Å². The molecular weight excluding hydrogens is 667 g/mol. The predicted molar refractivity (Wildman–Crippen MR) is 170 cm³/mol. The SMILES string of the molecule is CCOC(=O)C1=C(C)N=c2s/c(=C\c3cc(I)c(OCc4ccccc4)c(OC)c3)c(=O)n2[C@H]1c1ccc(OC)cc1. The summed E-state index contributed by atoms with van der Waals surface area (Å²) in [7, 11) is 3.18. The molecule has 2 heterocycles. The Bertz CT molecular complexity index is 1830. The van der Waals surface area contributed by atoms with Crippen LogP contribution in [0.1, 0.15) is 36.6 Å². The summed E-state index contributed by atoms with van der Waals surface area (Å²) in [4.78, 5) is 32.2. The number of methoxy groups -OCH3 is 2. The number of hydrogen-bond donors (Lipinski definition) is 0. The first-order valence-corrected chi connectivity index (χ1v) is 15.1. The summed E-state index contributed by atoms with van der Waals surface area (Å²) in [6.45, 7) is 4.12. The normalized spacial score (nSPS) is 14.7. The second kappa shape index (κ2) is 13.0. The Morgan fingerprint density at radius 3 is 2.48 bits per heavy atom. The molecule has 216 valence electrons. The predicted octanol–water partition coefficient (Wildman–Crippen LogP) is 5.00. The number of benzene rings is 3. The molecule has 0 bridgehead atoms. The average Bonchev–Trinajstić information content (AvgIpc) is 3.30. The van der Waals surface area contributed by atoms with E-state index in [9.17, 15) is 9.59 Å². The van der Waals surface area contributed by atoms with Crippen molar-refractivity contribution in [2.75, 3.05) is 20.8 Å². The minimum Gasteiger partial charge on any atom is -0.497 e. The van der Waals surface area contributed by atoms with E-state index < -0.39 is 12.0 Å². The van der Waals surface area contributed by atoms with Crippen LogP contribution in [-0.4, -0.2) is 31.4 Å². The molecule has 1 aromatic heterocycles. The van der Waals surface area contributed by atoms with Crippen LogP contribution >= 0.6 is 33.9 Å². The van der Waals surface area contributed by atoms with Crippen molar-refractivity contribution >= 4 is 46.0 Å². The molecule has 3 aromatic carbocycles. The minimum atomic E-state index is -0.697. The summed E-state index contributed by atoms with van der Waals surface area (Å²) in [5, 5.41) is 0. The number of ether oxygens (including phenoxy) is 4. The first kappa shape index (κ1) is 29.6. The van der Waals surface area contributed by atoms with Crippen LogP contribution in [0.4, 0.5) is 0 Å². The van der Waals surface area contributed by atoms with Gasteiger partial charge in [0.2, 0.25) is 0 Å². The zero-order chi connectivity index (χ0) is 29.8. The number of carbonyl (C=O) groups is 1. The van der Waals surface area contributed by atoms with Crippen molar-refractivity contribution < 1.29 is 23.7 Å². The average molecular weight is 697 g/mol. The van der Waals surface area contributed by atoms with Crippen LogP contribution in [0.2, 0.25) is 0 Å². The lowest BCUT2D eigenvalue weighted by atomic mass is 9.96. The number of fused-ring (bicyclic) bond motifs is 1. The molecule has 0 spiro atoms. The Labute approximate surface area is 260 Å². The maximum Gasteiger partial charge on any atom is 0.338 e. The van der Waals surface area contributed by atoms with Gasteiger partial charge in [-0.2, -0.15) is 0 Å². The molecule has 4 aromatic rings. The molecule has 0 saturated carbocycles. The number of carbonyl (C=O) groups excluding carboxylic acids is 1. The molecule has 0 fully saturated rings. The highest BCUT2D eigenvalue weighted by Crippen LogP contribution is 2.35. The smallest absolute Gasteiger partial charge is 0.338 e. The Balaban J connectivity index is 1.58. The molecule has 1 aliphatic heterocycles. The van der Waals surface area contributed by atoms with Gasteiger partial charge in [-0.3, -0.25) is 9.36 Å². The molecule has 42 heavy (non-hydrogen) atoms. The number of nitrogens with zero attached hydrogens (tertiary/aromatic N) is 2. The topological polar surface area (TPSA) is 88.4 Å². The van der Waals surface area contributed by atoms with Gasteiger partial charge in [0, 0.05) is 0 Å². The molecule has 10 heteroatoms. The standard InChI is InChI=1S/C32H29IN2O6S/c1-5-40-31(37)27-19(2)34-32-35(28(27)22-11-13-23(38-3)14-12-22)30(36)26(42-32)17-21-15-24(33)29(25(16-21)39-4)41-18-20-9-7-6-8-10-20/h6-17,28H,5,18H2,1-4H3/b26-17-/t28-/m0/s1. The van der Waals surface area contributed by atoms with Gasteiger partial charge in [-0.05, 0) is 83.5 Å². The lowest BCUT2D eigenvalue weighted by Crippen LogP contribution is -2.39. The zero-order valence-electron chi connectivity index (χ0n) is 23.5. The van der Waals surface area contributed by atoms with Crippen molar-refractivity contribution in [2.24, 2.45) is 4.99 Å². The van der Waals surface area contributed by atoms with E-state index in [0.29, 0.717) is 44.5 Å². The second-order valence-electron chi connectivity index (χ2n) is 9.38. The van der Waals surface area contributed by atoms with E-state index in [4.69, 9.17) is 18.9 Å². The van der Waals surface area contributed by atoms with E-state index in [1.54, 1.807) is 44.8 Å². The van der Waals surface area contributed by atoms with Crippen molar-refractivity contribution in [3.8, 4) is 17.2 Å². The lowest BCUT2D eigenvalue weighted by molar-refractivity contribution is -0.139. The molecule has 1 atom stereocenters. The number of rotatable bonds is 9. The molecule has 8 nitrogen and oxygen atoms in total. The van der Waals surface area contributed by atoms with Gasteiger partial charge < -0.3 is 18.9 Å². The summed E-state index contributed by atoms with van der Waals surface area (Å²) >= 11 is 3.48. The second-order valence-corrected chi connectivity index (χ2v) is 11.6. The fourth-order valence-corrected chi connectivity index (χ4v) is 6.57. The Kier molecular flexibility index (Phi) is 9.12. The number of hydrogen-bond acceptors (Lipinski definition) is 8. The Morgan fingerprint density at radius 1 is 1.07 bits per heavy atom. The minimum absolute atomic E-state index is 0.209. The van der Waals surface area contributed by atoms with Crippen LogP contribution < -0.4 is 29.1 Å². The summed E-state index contributed by atoms with van der Waals surface area (Å²) in [5.74, 6) is 1.37. The van der Waals surface area contributed by atoms with E-state index in [2.05, 4.69) is 27.6 Å².